The minimum Gasteiger partial charge on any atom is -0.481 e. The molecule has 0 radical (unpaired) electrons. The third-order valence-electron chi connectivity index (χ3n) is 3.42. The van der Waals surface area contributed by atoms with E-state index in [-0.39, 0.29) is 12.3 Å². The summed E-state index contributed by atoms with van der Waals surface area (Å²) in [4.78, 5) is 34.5. The Morgan fingerprint density at radius 3 is 2.16 bits per heavy atom. The molecule has 0 unspecified atom stereocenters. The molecule has 3 N–H and O–H groups in total. The van der Waals surface area contributed by atoms with Gasteiger partial charge in [-0.15, -0.1) is 0 Å². The van der Waals surface area contributed by atoms with Crippen LogP contribution in [0.4, 0.5) is 5.69 Å². The minimum atomic E-state index is -1.03. The van der Waals surface area contributed by atoms with E-state index in [2.05, 4.69) is 10.6 Å². The predicted molar refractivity (Wildman–Crippen MR) is 94.7 cm³/mol. The van der Waals surface area contributed by atoms with Crippen LogP contribution in [-0.4, -0.2) is 22.9 Å². The fraction of sp³-hybridized carbons (Fsp3) is 0.167. The van der Waals surface area contributed by atoms with Crippen molar-refractivity contribution < 1.29 is 19.5 Å². The first-order valence-corrected chi connectivity index (χ1v) is 7.88. The first kappa shape index (κ1) is 18.5. The molecule has 0 fully saturated rings. The summed E-state index contributed by atoms with van der Waals surface area (Å²) in [6.07, 6.45) is -0.253. The zero-order valence-corrected chi connectivity index (χ0v) is 14.2. The Hall–Kier alpha value is -2.86. The summed E-state index contributed by atoms with van der Waals surface area (Å²) in [5.41, 5.74) is 1.58. The van der Waals surface area contributed by atoms with Crippen molar-refractivity contribution in [3.63, 3.8) is 0 Å². The highest BCUT2D eigenvalue weighted by molar-refractivity contribution is 6.30. The van der Waals surface area contributed by atoms with Gasteiger partial charge in [0.15, 0.2) is 0 Å². The number of amides is 2. The highest BCUT2D eigenvalue weighted by Gasteiger charge is 2.19. The summed E-state index contributed by atoms with van der Waals surface area (Å²) < 4.78 is 0. The molecule has 0 saturated carbocycles. The Morgan fingerprint density at radius 1 is 1.04 bits per heavy atom. The number of hydrogen-bond donors (Lipinski definition) is 3. The summed E-state index contributed by atoms with van der Waals surface area (Å²) in [6.45, 7) is 1.39. The van der Waals surface area contributed by atoms with Crippen molar-refractivity contribution in [2.75, 3.05) is 5.32 Å². The van der Waals surface area contributed by atoms with E-state index in [9.17, 15) is 14.4 Å². The van der Waals surface area contributed by atoms with Crippen molar-refractivity contribution in [1.82, 2.24) is 5.32 Å². The minimum absolute atomic E-state index is 0.207. The molecule has 25 heavy (non-hydrogen) atoms. The first-order valence-electron chi connectivity index (χ1n) is 7.51. The second kappa shape index (κ2) is 8.30. The number of carbonyl (C=O) groups excluding carboxylic acids is 2. The lowest BCUT2D eigenvalue weighted by Gasteiger charge is -2.18. The lowest BCUT2D eigenvalue weighted by atomic mass is 10.0. The normalized spacial score (nSPS) is 11.4. The van der Waals surface area contributed by atoms with E-state index < -0.39 is 17.9 Å². The standard InChI is InChI=1S/C18H17ClN2O4/c1-11(22)20-15-8-4-13(5-9-15)18(25)21-16(10-17(23)24)12-2-6-14(19)7-3-12/h2-9,16H,10H2,1H3,(H,20,22)(H,21,25)(H,23,24)/t16-/m0/s1. The predicted octanol–water partition coefficient (Wildman–Crippen LogP) is 3.24. The van der Waals surface area contributed by atoms with Crippen molar-refractivity contribution in [3.05, 3.63) is 64.7 Å². The van der Waals surface area contributed by atoms with Gasteiger partial charge in [-0.25, -0.2) is 0 Å². The van der Waals surface area contributed by atoms with Crippen LogP contribution in [0.1, 0.15) is 35.3 Å². The first-order chi connectivity index (χ1) is 11.8. The Labute approximate surface area is 149 Å². The van der Waals surface area contributed by atoms with Gasteiger partial charge in [0.05, 0.1) is 12.5 Å². The second-order valence-corrected chi connectivity index (χ2v) is 5.87. The molecule has 0 heterocycles. The summed E-state index contributed by atoms with van der Waals surface area (Å²) in [6, 6.07) is 12.3. The number of benzene rings is 2. The topological polar surface area (TPSA) is 95.5 Å². The molecule has 2 aromatic carbocycles. The number of carbonyl (C=O) groups is 3. The molecule has 6 nitrogen and oxygen atoms in total. The van der Waals surface area contributed by atoms with Gasteiger partial charge >= 0.3 is 5.97 Å². The van der Waals surface area contributed by atoms with Crippen LogP contribution in [0, 0.1) is 0 Å². The summed E-state index contributed by atoms with van der Waals surface area (Å²) in [5.74, 6) is -1.64. The number of rotatable bonds is 6. The van der Waals surface area contributed by atoms with Crippen LogP contribution in [-0.2, 0) is 9.59 Å². The van der Waals surface area contributed by atoms with Crippen molar-refractivity contribution in [3.8, 4) is 0 Å². The van der Waals surface area contributed by atoms with E-state index in [1.54, 1.807) is 48.5 Å². The van der Waals surface area contributed by atoms with E-state index in [4.69, 9.17) is 16.7 Å². The van der Waals surface area contributed by atoms with Gasteiger partial charge in [0.25, 0.3) is 5.91 Å². The molecule has 0 spiro atoms. The smallest absolute Gasteiger partial charge is 0.305 e. The SMILES string of the molecule is CC(=O)Nc1ccc(C(=O)N[C@@H](CC(=O)O)c2ccc(Cl)cc2)cc1. The number of hydrogen-bond acceptors (Lipinski definition) is 3. The Morgan fingerprint density at radius 2 is 1.64 bits per heavy atom. The number of aliphatic carboxylic acids is 1. The van der Waals surface area contributed by atoms with Crippen molar-refractivity contribution in [1.29, 1.82) is 0 Å². The van der Waals surface area contributed by atoms with Gasteiger partial charge in [-0.1, -0.05) is 23.7 Å². The molecule has 0 aliphatic heterocycles. The highest BCUT2D eigenvalue weighted by atomic mass is 35.5. The summed E-state index contributed by atoms with van der Waals surface area (Å²) >= 11 is 5.84. The fourth-order valence-corrected chi connectivity index (χ4v) is 2.40. The molecule has 0 aliphatic rings. The molecule has 2 rings (SSSR count). The largest absolute Gasteiger partial charge is 0.481 e. The number of anilines is 1. The van der Waals surface area contributed by atoms with Crippen LogP contribution in [0.2, 0.25) is 5.02 Å². The molecule has 0 aliphatic carbocycles. The Kier molecular flexibility index (Phi) is 6.14. The number of nitrogens with one attached hydrogen (secondary N) is 2. The van der Waals surface area contributed by atoms with Crippen molar-refractivity contribution in [2.45, 2.75) is 19.4 Å². The van der Waals surface area contributed by atoms with Gasteiger partial charge in [-0.2, -0.15) is 0 Å². The molecule has 0 saturated heterocycles. The highest BCUT2D eigenvalue weighted by Crippen LogP contribution is 2.20. The molecule has 130 valence electrons. The van der Waals surface area contributed by atoms with E-state index in [1.165, 1.54) is 6.92 Å². The lowest BCUT2D eigenvalue weighted by Crippen LogP contribution is -2.30. The van der Waals surface area contributed by atoms with E-state index >= 15 is 0 Å². The zero-order valence-electron chi connectivity index (χ0n) is 13.5. The maximum Gasteiger partial charge on any atom is 0.305 e. The fourth-order valence-electron chi connectivity index (χ4n) is 2.27. The van der Waals surface area contributed by atoms with Gasteiger partial charge in [0, 0.05) is 23.2 Å². The number of carboxylic acids is 1. The third-order valence-corrected chi connectivity index (χ3v) is 3.68. The summed E-state index contributed by atoms with van der Waals surface area (Å²) in [7, 11) is 0. The number of carboxylic acid groups (broad SMARTS) is 1. The molecular formula is C18H17ClN2O4. The van der Waals surface area contributed by atoms with Gasteiger partial charge in [0.1, 0.15) is 0 Å². The molecule has 0 aromatic heterocycles. The Balaban J connectivity index is 2.14. The second-order valence-electron chi connectivity index (χ2n) is 5.43. The molecule has 2 amide bonds. The van der Waals surface area contributed by atoms with Gasteiger partial charge < -0.3 is 15.7 Å². The van der Waals surface area contributed by atoms with Crippen LogP contribution in [0.25, 0.3) is 0 Å². The van der Waals surface area contributed by atoms with E-state index in [0.717, 1.165) is 0 Å². The van der Waals surface area contributed by atoms with E-state index in [0.29, 0.717) is 21.8 Å². The maximum absolute atomic E-state index is 12.4. The molecule has 0 bridgehead atoms. The molecule has 7 heteroatoms. The monoisotopic (exact) mass is 360 g/mol. The molecule has 1 atom stereocenters. The Bertz CT molecular complexity index is 773. The van der Waals surface area contributed by atoms with Gasteiger partial charge in [0.2, 0.25) is 5.91 Å². The van der Waals surface area contributed by atoms with Gasteiger partial charge in [-0.05, 0) is 42.0 Å². The van der Waals surface area contributed by atoms with Crippen molar-refractivity contribution >= 4 is 35.1 Å². The van der Waals surface area contributed by atoms with Crippen molar-refractivity contribution in [2.24, 2.45) is 0 Å². The lowest BCUT2D eigenvalue weighted by molar-refractivity contribution is -0.137. The van der Waals surface area contributed by atoms with Crippen LogP contribution < -0.4 is 10.6 Å². The molecular weight excluding hydrogens is 344 g/mol. The van der Waals surface area contributed by atoms with Crippen LogP contribution in [0.3, 0.4) is 0 Å². The average molecular weight is 361 g/mol. The summed E-state index contributed by atoms with van der Waals surface area (Å²) in [5, 5.41) is 14.9. The van der Waals surface area contributed by atoms with Gasteiger partial charge in [-0.3, -0.25) is 14.4 Å². The van der Waals surface area contributed by atoms with E-state index in [1.807, 2.05) is 0 Å². The van der Waals surface area contributed by atoms with Crippen LogP contribution in [0.5, 0.6) is 0 Å². The van der Waals surface area contributed by atoms with Crippen LogP contribution >= 0.6 is 11.6 Å². The quantitative estimate of drug-likeness (QED) is 0.736. The van der Waals surface area contributed by atoms with Crippen LogP contribution in [0.15, 0.2) is 48.5 Å². The zero-order chi connectivity index (χ0) is 18.4. The third kappa shape index (κ3) is 5.61. The molecule has 2 aromatic rings. The average Bonchev–Trinajstić information content (AvgIpc) is 2.54. The number of halogens is 1. The maximum atomic E-state index is 12.4.